The average molecular weight is 380 g/mol. The highest BCUT2D eigenvalue weighted by molar-refractivity contribution is 7.89. The molecule has 0 saturated carbocycles. The molecule has 134 valence electrons. The molecule has 2 aromatic carbocycles. The van der Waals surface area contributed by atoms with Crippen LogP contribution in [0.4, 0.5) is 0 Å². The zero-order chi connectivity index (χ0) is 17.9. The summed E-state index contributed by atoms with van der Waals surface area (Å²) in [6.07, 6.45) is 1.55. The molecule has 1 aliphatic rings. The van der Waals surface area contributed by atoms with Crippen molar-refractivity contribution < 1.29 is 13.2 Å². The van der Waals surface area contributed by atoms with E-state index in [1.54, 1.807) is 12.1 Å². The molecule has 1 unspecified atom stereocenters. The molecule has 0 aliphatic carbocycles. The fourth-order valence-electron chi connectivity index (χ4n) is 2.96. The lowest BCUT2D eigenvalue weighted by Crippen LogP contribution is -2.43. The number of halogens is 1. The van der Waals surface area contributed by atoms with E-state index in [1.165, 1.54) is 4.31 Å². The van der Waals surface area contributed by atoms with E-state index in [2.05, 4.69) is 0 Å². The average Bonchev–Trinajstić information content (AvgIpc) is 2.61. The number of nitrogens with zero attached hydrogens (tertiary/aromatic N) is 1. The summed E-state index contributed by atoms with van der Waals surface area (Å²) >= 11 is 5.99. The Balaban J connectivity index is 1.65. The lowest BCUT2D eigenvalue weighted by atomic mass is 10.1. The van der Waals surface area contributed by atoms with Crippen LogP contribution in [-0.2, 0) is 21.4 Å². The summed E-state index contributed by atoms with van der Waals surface area (Å²) in [4.78, 5) is 0.341. The van der Waals surface area contributed by atoms with Gasteiger partial charge in [0.05, 0.1) is 17.6 Å². The van der Waals surface area contributed by atoms with Crippen molar-refractivity contribution >= 4 is 21.6 Å². The summed E-state index contributed by atoms with van der Waals surface area (Å²) in [5.41, 5.74) is 2.03. The van der Waals surface area contributed by atoms with Crippen LogP contribution in [-0.4, -0.2) is 31.9 Å². The Bertz CT molecular complexity index is 821. The number of rotatable bonds is 5. The van der Waals surface area contributed by atoms with Crippen LogP contribution >= 0.6 is 11.6 Å². The van der Waals surface area contributed by atoms with Gasteiger partial charge < -0.3 is 4.74 Å². The first-order chi connectivity index (χ1) is 11.9. The van der Waals surface area contributed by atoms with Crippen molar-refractivity contribution in [2.75, 3.05) is 13.1 Å². The fraction of sp³-hybridized carbons (Fsp3) is 0.368. The van der Waals surface area contributed by atoms with Gasteiger partial charge in [-0.2, -0.15) is 4.31 Å². The SMILES string of the molecule is Cc1ccc(S(=O)(=O)N2CCCC(OCc3cccc(Cl)c3)C2)cc1. The van der Waals surface area contributed by atoms with Crippen LogP contribution < -0.4 is 0 Å². The first-order valence-electron chi connectivity index (χ1n) is 8.38. The summed E-state index contributed by atoms with van der Waals surface area (Å²) in [5, 5.41) is 0.674. The number of aryl methyl sites for hydroxylation is 1. The maximum absolute atomic E-state index is 12.8. The highest BCUT2D eigenvalue weighted by Crippen LogP contribution is 2.23. The second-order valence-electron chi connectivity index (χ2n) is 6.38. The minimum Gasteiger partial charge on any atom is -0.372 e. The zero-order valence-electron chi connectivity index (χ0n) is 14.2. The molecule has 0 spiro atoms. The normalized spacial score (nSPS) is 19.0. The first-order valence-corrected chi connectivity index (χ1v) is 10.2. The highest BCUT2D eigenvalue weighted by Gasteiger charge is 2.30. The maximum atomic E-state index is 12.8. The summed E-state index contributed by atoms with van der Waals surface area (Å²) in [7, 11) is -3.47. The van der Waals surface area contributed by atoms with Crippen LogP contribution in [0.1, 0.15) is 24.0 Å². The van der Waals surface area contributed by atoms with Gasteiger partial charge in [0, 0.05) is 18.1 Å². The monoisotopic (exact) mass is 379 g/mol. The van der Waals surface area contributed by atoms with Crippen LogP contribution in [0.25, 0.3) is 0 Å². The number of hydrogen-bond donors (Lipinski definition) is 0. The summed E-state index contributed by atoms with van der Waals surface area (Å²) in [6.45, 7) is 3.30. The Hall–Kier alpha value is -1.40. The lowest BCUT2D eigenvalue weighted by Gasteiger charge is -2.32. The smallest absolute Gasteiger partial charge is 0.243 e. The largest absolute Gasteiger partial charge is 0.372 e. The molecule has 1 aliphatic heterocycles. The molecule has 0 bridgehead atoms. The van der Waals surface area contributed by atoms with Crippen molar-refractivity contribution in [1.82, 2.24) is 4.31 Å². The Morgan fingerprint density at radius 1 is 1.20 bits per heavy atom. The second-order valence-corrected chi connectivity index (χ2v) is 8.76. The number of piperidine rings is 1. The van der Waals surface area contributed by atoms with E-state index in [-0.39, 0.29) is 6.10 Å². The van der Waals surface area contributed by atoms with Crippen molar-refractivity contribution in [3.8, 4) is 0 Å². The minimum absolute atomic E-state index is 0.104. The second kappa shape index (κ2) is 7.87. The molecule has 0 radical (unpaired) electrons. The van der Waals surface area contributed by atoms with Crippen LogP contribution in [0.15, 0.2) is 53.4 Å². The highest BCUT2D eigenvalue weighted by atomic mass is 35.5. The van der Waals surface area contributed by atoms with Crippen molar-refractivity contribution in [3.05, 3.63) is 64.7 Å². The van der Waals surface area contributed by atoms with E-state index < -0.39 is 10.0 Å². The van der Waals surface area contributed by atoms with Crippen LogP contribution in [0.2, 0.25) is 5.02 Å². The van der Waals surface area contributed by atoms with Crippen LogP contribution in [0.5, 0.6) is 0 Å². The van der Waals surface area contributed by atoms with Crippen molar-refractivity contribution in [3.63, 3.8) is 0 Å². The summed E-state index contributed by atoms with van der Waals surface area (Å²) < 4.78 is 33.1. The van der Waals surface area contributed by atoms with Gasteiger partial charge in [-0.15, -0.1) is 0 Å². The van der Waals surface area contributed by atoms with E-state index >= 15 is 0 Å². The molecule has 3 rings (SSSR count). The predicted molar refractivity (Wildman–Crippen MR) is 99.2 cm³/mol. The molecular formula is C19H22ClNO3S. The molecule has 6 heteroatoms. The topological polar surface area (TPSA) is 46.6 Å². The van der Waals surface area contributed by atoms with Gasteiger partial charge in [0.15, 0.2) is 0 Å². The Kier molecular flexibility index (Phi) is 5.79. The molecule has 1 atom stereocenters. The fourth-order valence-corrected chi connectivity index (χ4v) is 4.68. The van der Waals surface area contributed by atoms with Gasteiger partial charge >= 0.3 is 0 Å². The van der Waals surface area contributed by atoms with E-state index in [0.29, 0.717) is 29.6 Å². The van der Waals surface area contributed by atoms with E-state index in [9.17, 15) is 8.42 Å². The van der Waals surface area contributed by atoms with Gasteiger partial charge in [0.1, 0.15) is 0 Å². The first kappa shape index (κ1) is 18.4. The van der Waals surface area contributed by atoms with Crippen LogP contribution in [0.3, 0.4) is 0 Å². The Morgan fingerprint density at radius 3 is 2.68 bits per heavy atom. The molecule has 0 amide bonds. The van der Waals surface area contributed by atoms with Gasteiger partial charge in [-0.1, -0.05) is 41.4 Å². The number of hydrogen-bond acceptors (Lipinski definition) is 3. The third-order valence-corrected chi connectivity index (χ3v) is 6.49. The van der Waals surface area contributed by atoms with Gasteiger partial charge in [-0.3, -0.25) is 0 Å². The summed E-state index contributed by atoms with van der Waals surface area (Å²) in [5.74, 6) is 0. The number of ether oxygens (including phenoxy) is 1. The molecule has 1 heterocycles. The Morgan fingerprint density at radius 2 is 1.96 bits per heavy atom. The van der Waals surface area contributed by atoms with Crippen molar-refractivity contribution in [2.45, 2.75) is 37.4 Å². The van der Waals surface area contributed by atoms with Crippen LogP contribution in [0, 0.1) is 6.92 Å². The minimum atomic E-state index is -3.47. The predicted octanol–water partition coefficient (Wildman–Crippen LogP) is 4.02. The molecule has 1 fully saturated rings. The van der Waals surface area contributed by atoms with Gasteiger partial charge in [0.2, 0.25) is 10.0 Å². The molecular weight excluding hydrogens is 358 g/mol. The molecule has 2 aromatic rings. The zero-order valence-corrected chi connectivity index (χ0v) is 15.8. The van der Waals surface area contributed by atoms with Gasteiger partial charge in [-0.25, -0.2) is 8.42 Å². The maximum Gasteiger partial charge on any atom is 0.243 e. The third kappa shape index (κ3) is 4.61. The van der Waals surface area contributed by atoms with Gasteiger partial charge in [0.25, 0.3) is 0 Å². The van der Waals surface area contributed by atoms with Crippen molar-refractivity contribution in [1.29, 1.82) is 0 Å². The van der Waals surface area contributed by atoms with E-state index in [0.717, 1.165) is 24.0 Å². The number of benzene rings is 2. The standard InChI is InChI=1S/C19H22ClNO3S/c1-15-7-9-19(10-8-15)25(22,23)21-11-3-6-18(13-21)24-14-16-4-2-5-17(20)12-16/h2,4-5,7-10,12,18H,3,6,11,13-14H2,1H3. The Labute approximate surface area is 154 Å². The van der Waals surface area contributed by atoms with Crippen molar-refractivity contribution in [2.24, 2.45) is 0 Å². The molecule has 0 aromatic heterocycles. The third-order valence-electron chi connectivity index (χ3n) is 4.37. The molecule has 0 N–H and O–H groups in total. The van der Waals surface area contributed by atoms with E-state index in [1.807, 2.05) is 43.3 Å². The molecule has 4 nitrogen and oxygen atoms in total. The number of sulfonamides is 1. The molecule has 1 saturated heterocycles. The quantitative estimate of drug-likeness (QED) is 0.788. The van der Waals surface area contributed by atoms with Gasteiger partial charge in [-0.05, 0) is 49.6 Å². The summed E-state index contributed by atoms with van der Waals surface area (Å²) in [6, 6.07) is 14.5. The lowest BCUT2D eigenvalue weighted by molar-refractivity contribution is 0.00811. The van der Waals surface area contributed by atoms with E-state index in [4.69, 9.17) is 16.3 Å². The molecule has 25 heavy (non-hydrogen) atoms.